The van der Waals surface area contributed by atoms with Crippen molar-refractivity contribution < 1.29 is 14.5 Å². The Balaban J connectivity index is 1.85. The summed E-state index contributed by atoms with van der Waals surface area (Å²) >= 11 is 12.1. The van der Waals surface area contributed by atoms with Gasteiger partial charge in [0, 0.05) is 28.4 Å². The number of nitrogens with one attached hydrogen (secondary N) is 1. The standard InChI is InChI=1S/C21H15Cl2N3O4/c1-30-20-9-5-14(11-18(20)26(28)29)19(27)8-4-13-3-2-10-24-21(13)25-17-7-6-15(22)12-16(17)23/h2-12H,1H3,(H,24,25). The van der Waals surface area contributed by atoms with Crippen LogP contribution < -0.4 is 10.1 Å². The van der Waals surface area contributed by atoms with Gasteiger partial charge in [0.2, 0.25) is 0 Å². The molecule has 30 heavy (non-hydrogen) atoms. The van der Waals surface area contributed by atoms with Gasteiger partial charge in [-0.1, -0.05) is 23.2 Å². The number of nitro groups is 1. The number of ether oxygens (including phenoxy) is 1. The minimum absolute atomic E-state index is 0.0825. The third-order valence-electron chi connectivity index (χ3n) is 4.10. The van der Waals surface area contributed by atoms with Gasteiger partial charge < -0.3 is 10.1 Å². The van der Waals surface area contributed by atoms with Crippen molar-refractivity contribution in [2.45, 2.75) is 0 Å². The van der Waals surface area contributed by atoms with Crippen LogP contribution in [0, 0.1) is 10.1 Å². The van der Waals surface area contributed by atoms with E-state index in [1.165, 1.54) is 31.4 Å². The molecule has 0 saturated heterocycles. The highest BCUT2D eigenvalue weighted by molar-refractivity contribution is 6.36. The Labute approximate surface area is 182 Å². The lowest BCUT2D eigenvalue weighted by Crippen LogP contribution is -2.00. The highest BCUT2D eigenvalue weighted by Gasteiger charge is 2.17. The van der Waals surface area contributed by atoms with E-state index in [0.717, 1.165) is 0 Å². The Bertz CT molecular complexity index is 1150. The van der Waals surface area contributed by atoms with Gasteiger partial charge >= 0.3 is 5.69 Å². The van der Waals surface area contributed by atoms with Crippen molar-refractivity contribution in [2.24, 2.45) is 0 Å². The van der Waals surface area contributed by atoms with E-state index in [2.05, 4.69) is 10.3 Å². The second-order valence-corrected chi connectivity index (χ2v) is 6.88. The zero-order chi connectivity index (χ0) is 21.7. The van der Waals surface area contributed by atoms with Gasteiger partial charge in [-0.3, -0.25) is 14.9 Å². The van der Waals surface area contributed by atoms with Crippen molar-refractivity contribution in [3.05, 3.63) is 92.1 Å². The number of methoxy groups -OCH3 is 1. The maximum atomic E-state index is 12.5. The topological polar surface area (TPSA) is 94.4 Å². The number of carbonyl (C=O) groups excluding carboxylic acids is 1. The maximum Gasteiger partial charge on any atom is 0.311 e. The van der Waals surface area contributed by atoms with Crippen LogP contribution in [-0.4, -0.2) is 22.8 Å². The van der Waals surface area contributed by atoms with Gasteiger partial charge in [0.05, 0.1) is 22.7 Å². The van der Waals surface area contributed by atoms with Gasteiger partial charge in [-0.15, -0.1) is 0 Å². The highest BCUT2D eigenvalue weighted by Crippen LogP contribution is 2.30. The van der Waals surface area contributed by atoms with Crippen LogP contribution in [0.15, 0.2) is 60.8 Å². The molecule has 0 atom stereocenters. The third kappa shape index (κ3) is 4.94. The van der Waals surface area contributed by atoms with E-state index in [1.807, 2.05) is 0 Å². The number of pyridine rings is 1. The van der Waals surface area contributed by atoms with Crippen LogP contribution in [0.25, 0.3) is 6.08 Å². The van der Waals surface area contributed by atoms with Crippen molar-refractivity contribution in [3.8, 4) is 5.75 Å². The lowest BCUT2D eigenvalue weighted by Gasteiger charge is -2.10. The molecule has 0 spiro atoms. The van der Waals surface area contributed by atoms with Gasteiger partial charge in [-0.25, -0.2) is 4.98 Å². The van der Waals surface area contributed by atoms with Gasteiger partial charge in [-0.05, 0) is 54.6 Å². The fourth-order valence-corrected chi connectivity index (χ4v) is 3.08. The third-order valence-corrected chi connectivity index (χ3v) is 4.65. The summed E-state index contributed by atoms with van der Waals surface area (Å²) in [4.78, 5) is 27.4. The summed E-state index contributed by atoms with van der Waals surface area (Å²) in [5.74, 6) is 0.158. The number of aromatic nitrogens is 1. The van der Waals surface area contributed by atoms with E-state index < -0.39 is 10.7 Å². The van der Waals surface area contributed by atoms with Crippen LogP contribution in [-0.2, 0) is 0 Å². The van der Waals surface area contributed by atoms with E-state index in [0.29, 0.717) is 27.1 Å². The number of carbonyl (C=O) groups is 1. The summed E-state index contributed by atoms with van der Waals surface area (Å²) in [5, 5.41) is 15.2. The molecule has 3 aromatic rings. The first-order valence-corrected chi connectivity index (χ1v) is 9.36. The normalized spacial score (nSPS) is 10.8. The predicted molar refractivity (Wildman–Crippen MR) is 117 cm³/mol. The first-order chi connectivity index (χ1) is 14.4. The molecule has 3 rings (SSSR count). The number of benzene rings is 2. The van der Waals surface area contributed by atoms with Crippen molar-refractivity contribution in [1.29, 1.82) is 0 Å². The molecule has 7 nitrogen and oxygen atoms in total. The monoisotopic (exact) mass is 443 g/mol. The second kappa shape index (κ2) is 9.39. The fourth-order valence-electron chi connectivity index (χ4n) is 2.62. The van der Waals surface area contributed by atoms with Crippen molar-refractivity contribution in [1.82, 2.24) is 4.98 Å². The average molecular weight is 444 g/mol. The molecule has 1 heterocycles. The second-order valence-electron chi connectivity index (χ2n) is 6.03. The smallest absolute Gasteiger partial charge is 0.311 e. The molecule has 1 aromatic heterocycles. The molecule has 152 valence electrons. The summed E-state index contributed by atoms with van der Waals surface area (Å²) in [7, 11) is 1.33. The summed E-state index contributed by atoms with van der Waals surface area (Å²) in [6.07, 6.45) is 4.48. The molecular formula is C21H15Cl2N3O4. The molecule has 0 bridgehead atoms. The summed E-state index contributed by atoms with van der Waals surface area (Å²) in [6, 6.07) is 12.5. The minimum Gasteiger partial charge on any atom is -0.490 e. The minimum atomic E-state index is -0.599. The number of halogens is 2. The Hall–Kier alpha value is -3.42. The molecule has 0 radical (unpaired) electrons. The van der Waals surface area contributed by atoms with Crippen LogP contribution in [0.4, 0.5) is 17.2 Å². The summed E-state index contributed by atoms with van der Waals surface area (Å²) in [6.45, 7) is 0. The molecule has 2 aromatic carbocycles. The number of ketones is 1. The Morgan fingerprint density at radius 1 is 1.20 bits per heavy atom. The Morgan fingerprint density at radius 2 is 2.00 bits per heavy atom. The largest absolute Gasteiger partial charge is 0.490 e. The first kappa shape index (κ1) is 21.3. The predicted octanol–water partition coefficient (Wildman–Crippen LogP) is 5.94. The number of anilines is 2. The fraction of sp³-hybridized carbons (Fsp3) is 0.0476. The Morgan fingerprint density at radius 3 is 2.70 bits per heavy atom. The summed E-state index contributed by atoms with van der Waals surface area (Å²) < 4.78 is 4.95. The molecular weight excluding hydrogens is 429 g/mol. The lowest BCUT2D eigenvalue weighted by atomic mass is 10.1. The molecule has 9 heteroatoms. The number of rotatable bonds is 7. The van der Waals surface area contributed by atoms with E-state index in [1.54, 1.807) is 42.6 Å². The molecule has 1 N–H and O–H groups in total. The highest BCUT2D eigenvalue weighted by atomic mass is 35.5. The van der Waals surface area contributed by atoms with Crippen LogP contribution in [0.2, 0.25) is 10.0 Å². The van der Waals surface area contributed by atoms with E-state index in [-0.39, 0.29) is 17.0 Å². The van der Waals surface area contributed by atoms with Gasteiger partial charge in [-0.2, -0.15) is 0 Å². The summed E-state index contributed by atoms with van der Waals surface area (Å²) in [5.41, 5.74) is 1.11. The van der Waals surface area contributed by atoms with E-state index in [4.69, 9.17) is 27.9 Å². The number of nitrogens with zero attached hydrogens (tertiary/aromatic N) is 2. The van der Waals surface area contributed by atoms with Crippen molar-refractivity contribution in [2.75, 3.05) is 12.4 Å². The Kier molecular flexibility index (Phi) is 6.66. The average Bonchev–Trinajstić information content (AvgIpc) is 2.74. The number of hydrogen-bond acceptors (Lipinski definition) is 6. The molecule has 0 fully saturated rings. The molecule has 0 aliphatic carbocycles. The van der Waals surface area contributed by atoms with Gasteiger partial charge in [0.25, 0.3) is 0 Å². The van der Waals surface area contributed by atoms with E-state index in [9.17, 15) is 14.9 Å². The van der Waals surface area contributed by atoms with E-state index >= 15 is 0 Å². The van der Waals surface area contributed by atoms with Crippen LogP contribution in [0.5, 0.6) is 5.75 Å². The number of hydrogen-bond donors (Lipinski definition) is 1. The van der Waals surface area contributed by atoms with Crippen LogP contribution in [0.3, 0.4) is 0 Å². The molecule has 0 amide bonds. The molecule has 0 aliphatic rings. The zero-order valence-electron chi connectivity index (χ0n) is 15.6. The molecule has 0 saturated carbocycles. The number of allylic oxidation sites excluding steroid dienone is 1. The van der Waals surface area contributed by atoms with Crippen LogP contribution >= 0.6 is 23.2 Å². The van der Waals surface area contributed by atoms with Crippen LogP contribution in [0.1, 0.15) is 15.9 Å². The van der Waals surface area contributed by atoms with Gasteiger partial charge in [0.15, 0.2) is 11.5 Å². The van der Waals surface area contributed by atoms with Crippen molar-refractivity contribution >= 4 is 52.3 Å². The molecule has 0 aliphatic heterocycles. The molecule has 0 unspecified atom stereocenters. The van der Waals surface area contributed by atoms with Crippen molar-refractivity contribution in [3.63, 3.8) is 0 Å². The quantitative estimate of drug-likeness (QED) is 0.210. The number of nitro benzene ring substituents is 1. The SMILES string of the molecule is COc1ccc(C(=O)C=Cc2cccnc2Nc2ccc(Cl)cc2Cl)cc1[N+](=O)[O-]. The zero-order valence-corrected chi connectivity index (χ0v) is 17.1. The maximum absolute atomic E-state index is 12.5. The first-order valence-electron chi connectivity index (χ1n) is 8.61. The lowest BCUT2D eigenvalue weighted by molar-refractivity contribution is -0.385. The van der Waals surface area contributed by atoms with Gasteiger partial charge in [0.1, 0.15) is 5.82 Å².